The molecule has 1 aromatic heterocycles. The average Bonchev–Trinajstić information content (AvgIpc) is 2.81. The quantitative estimate of drug-likeness (QED) is 0.782. The Labute approximate surface area is 141 Å². The molecule has 0 aliphatic rings. The number of aryl methyl sites for hydroxylation is 1. The third-order valence-electron chi connectivity index (χ3n) is 2.92. The van der Waals surface area contributed by atoms with Gasteiger partial charge >= 0.3 is 0 Å². The van der Waals surface area contributed by atoms with E-state index in [-0.39, 0.29) is 0 Å². The molecule has 0 atom stereocenters. The zero-order valence-electron chi connectivity index (χ0n) is 12.2. The highest BCUT2D eigenvalue weighted by atomic mass is 79.9. The van der Waals surface area contributed by atoms with Crippen LogP contribution in [0.2, 0.25) is 0 Å². The molecule has 0 unspecified atom stereocenters. The number of hydrogen-bond donors (Lipinski definition) is 1. The molecule has 1 N–H and O–H groups in total. The maximum Gasteiger partial charge on any atom is 0.170 e. The minimum Gasteiger partial charge on any atom is -0.483 e. The summed E-state index contributed by atoms with van der Waals surface area (Å²) in [4.78, 5) is 0. The second-order valence-electron chi connectivity index (χ2n) is 5.07. The molecule has 0 saturated heterocycles. The van der Waals surface area contributed by atoms with Crippen LogP contribution in [0.15, 0.2) is 27.4 Å². The number of rotatable bonds is 6. The van der Waals surface area contributed by atoms with Crippen LogP contribution in [0.25, 0.3) is 0 Å². The van der Waals surface area contributed by atoms with Crippen molar-refractivity contribution in [2.45, 2.75) is 33.0 Å². The molecule has 21 heavy (non-hydrogen) atoms. The minimum atomic E-state index is 0.372. The molecule has 1 heterocycles. The lowest BCUT2D eigenvalue weighted by atomic mass is 10.2. The molecule has 0 saturated carbocycles. The molecule has 5 nitrogen and oxygen atoms in total. The Balaban J connectivity index is 2.08. The van der Waals surface area contributed by atoms with Crippen LogP contribution in [0.4, 0.5) is 0 Å². The van der Waals surface area contributed by atoms with Crippen molar-refractivity contribution < 1.29 is 4.74 Å². The average molecular weight is 418 g/mol. The van der Waals surface area contributed by atoms with Gasteiger partial charge in [-0.25, -0.2) is 0 Å². The maximum absolute atomic E-state index is 5.84. The van der Waals surface area contributed by atoms with E-state index in [2.05, 4.69) is 73.4 Å². The number of nitrogens with one attached hydrogen (secondary N) is 1. The summed E-state index contributed by atoms with van der Waals surface area (Å²) in [7, 11) is 1.89. The van der Waals surface area contributed by atoms with Crippen LogP contribution in [-0.2, 0) is 20.2 Å². The van der Waals surface area contributed by atoms with Gasteiger partial charge in [-0.1, -0.05) is 13.8 Å². The van der Waals surface area contributed by atoms with Gasteiger partial charge in [0.05, 0.1) is 8.95 Å². The van der Waals surface area contributed by atoms with E-state index in [4.69, 9.17) is 4.74 Å². The molecule has 0 radical (unpaired) electrons. The monoisotopic (exact) mass is 416 g/mol. The van der Waals surface area contributed by atoms with Gasteiger partial charge < -0.3 is 14.6 Å². The number of hydrogen-bond acceptors (Lipinski definition) is 4. The lowest BCUT2D eigenvalue weighted by Crippen LogP contribution is -2.21. The van der Waals surface area contributed by atoms with Crippen LogP contribution in [0.1, 0.15) is 25.2 Å². The molecule has 2 rings (SSSR count). The molecule has 0 spiro atoms. The number of halogens is 2. The van der Waals surface area contributed by atoms with Gasteiger partial charge in [0.1, 0.15) is 18.7 Å². The van der Waals surface area contributed by atoms with Crippen LogP contribution in [-0.4, -0.2) is 20.8 Å². The first-order valence-electron chi connectivity index (χ1n) is 6.64. The van der Waals surface area contributed by atoms with E-state index in [1.165, 1.54) is 5.56 Å². The highest BCUT2D eigenvalue weighted by Gasteiger charge is 2.11. The topological polar surface area (TPSA) is 52.0 Å². The predicted molar refractivity (Wildman–Crippen MR) is 89.2 cm³/mol. The first kappa shape index (κ1) is 16.5. The number of benzene rings is 1. The predicted octanol–water partition coefficient (Wildman–Crippen LogP) is 3.42. The van der Waals surface area contributed by atoms with E-state index in [9.17, 15) is 0 Å². The molecule has 114 valence electrons. The summed E-state index contributed by atoms with van der Waals surface area (Å²) in [6, 6.07) is 4.58. The maximum atomic E-state index is 5.84. The zero-order chi connectivity index (χ0) is 15.4. The summed E-state index contributed by atoms with van der Waals surface area (Å²) in [5, 5.41) is 11.2. The van der Waals surface area contributed by atoms with Crippen molar-refractivity contribution in [2.24, 2.45) is 7.05 Å². The van der Waals surface area contributed by atoms with E-state index in [0.29, 0.717) is 12.6 Å². The van der Waals surface area contributed by atoms with Crippen LogP contribution in [0, 0.1) is 0 Å². The van der Waals surface area contributed by atoms with E-state index in [1.807, 2.05) is 11.6 Å². The molecular weight excluding hydrogens is 400 g/mol. The van der Waals surface area contributed by atoms with Gasteiger partial charge in [-0.15, -0.1) is 10.2 Å². The number of nitrogens with zero attached hydrogens (tertiary/aromatic N) is 3. The summed E-state index contributed by atoms with van der Waals surface area (Å²) >= 11 is 7.12. The van der Waals surface area contributed by atoms with Crippen molar-refractivity contribution >= 4 is 31.9 Å². The number of aromatic nitrogens is 3. The molecule has 0 fully saturated rings. The fraction of sp³-hybridized carbons (Fsp3) is 0.429. The minimum absolute atomic E-state index is 0.372. The van der Waals surface area contributed by atoms with Gasteiger partial charge in [-0.05, 0) is 49.6 Å². The normalized spacial score (nSPS) is 11.1. The Morgan fingerprint density at radius 2 is 1.95 bits per heavy atom. The summed E-state index contributed by atoms with van der Waals surface area (Å²) in [6.07, 6.45) is 1.66. The van der Waals surface area contributed by atoms with Crippen molar-refractivity contribution in [1.82, 2.24) is 20.1 Å². The van der Waals surface area contributed by atoms with Gasteiger partial charge in [0.25, 0.3) is 0 Å². The van der Waals surface area contributed by atoms with Gasteiger partial charge in [-0.2, -0.15) is 0 Å². The Bertz CT molecular complexity index is 590. The fourth-order valence-corrected chi connectivity index (χ4v) is 3.26. The van der Waals surface area contributed by atoms with E-state index >= 15 is 0 Å². The second kappa shape index (κ2) is 7.38. The lowest BCUT2D eigenvalue weighted by molar-refractivity contribution is 0.287. The van der Waals surface area contributed by atoms with Gasteiger partial charge in [0, 0.05) is 19.6 Å². The Hall–Kier alpha value is -0.920. The van der Waals surface area contributed by atoms with Crippen LogP contribution in [0.3, 0.4) is 0 Å². The van der Waals surface area contributed by atoms with Gasteiger partial charge in [0.15, 0.2) is 5.82 Å². The van der Waals surface area contributed by atoms with E-state index < -0.39 is 0 Å². The Morgan fingerprint density at radius 3 is 2.48 bits per heavy atom. The second-order valence-corrected chi connectivity index (χ2v) is 6.78. The van der Waals surface area contributed by atoms with Crippen molar-refractivity contribution in [1.29, 1.82) is 0 Å². The third kappa shape index (κ3) is 4.52. The lowest BCUT2D eigenvalue weighted by Gasteiger charge is -2.13. The summed E-state index contributed by atoms with van der Waals surface area (Å²) < 4.78 is 9.50. The van der Waals surface area contributed by atoms with Gasteiger partial charge in [-0.3, -0.25) is 0 Å². The van der Waals surface area contributed by atoms with Crippen LogP contribution < -0.4 is 10.1 Å². The molecule has 0 aliphatic heterocycles. The smallest absolute Gasteiger partial charge is 0.170 e. The first-order valence-corrected chi connectivity index (χ1v) is 8.23. The van der Waals surface area contributed by atoms with Crippen LogP contribution >= 0.6 is 31.9 Å². The standard InChI is InChI=1S/C14H18Br2N4O/c1-9(2)17-6-10-4-11(15)14(12(16)5-10)21-7-13-19-18-8-20(13)3/h4-5,8-9,17H,6-7H2,1-3H3. The SMILES string of the molecule is CC(C)NCc1cc(Br)c(OCc2nncn2C)c(Br)c1. The molecule has 1 aromatic carbocycles. The van der Waals surface area contributed by atoms with E-state index in [1.54, 1.807) is 6.33 Å². The van der Waals surface area contributed by atoms with Crippen molar-refractivity contribution in [3.05, 3.63) is 38.8 Å². The van der Waals surface area contributed by atoms with Crippen molar-refractivity contribution in [2.75, 3.05) is 0 Å². The highest BCUT2D eigenvalue weighted by Crippen LogP contribution is 2.35. The summed E-state index contributed by atoms with van der Waals surface area (Å²) in [6.45, 7) is 5.45. The Kier molecular flexibility index (Phi) is 5.78. The first-order chi connectivity index (χ1) is 9.97. The molecule has 7 heteroatoms. The Morgan fingerprint density at radius 1 is 1.29 bits per heavy atom. The molecule has 0 amide bonds. The fourth-order valence-electron chi connectivity index (χ4n) is 1.75. The van der Waals surface area contributed by atoms with E-state index in [0.717, 1.165) is 27.1 Å². The van der Waals surface area contributed by atoms with Crippen LogP contribution in [0.5, 0.6) is 5.75 Å². The molecule has 2 aromatic rings. The summed E-state index contributed by atoms with van der Waals surface area (Å²) in [5.41, 5.74) is 1.19. The zero-order valence-corrected chi connectivity index (χ0v) is 15.4. The molecule has 0 aliphatic carbocycles. The van der Waals surface area contributed by atoms with Gasteiger partial charge in [0.2, 0.25) is 0 Å². The van der Waals surface area contributed by atoms with Crippen molar-refractivity contribution in [3.63, 3.8) is 0 Å². The van der Waals surface area contributed by atoms with Crippen molar-refractivity contribution in [3.8, 4) is 5.75 Å². The number of ether oxygens (including phenoxy) is 1. The molecular formula is C14H18Br2N4O. The molecule has 0 bridgehead atoms. The highest BCUT2D eigenvalue weighted by molar-refractivity contribution is 9.11. The largest absolute Gasteiger partial charge is 0.483 e. The summed E-state index contributed by atoms with van der Waals surface area (Å²) in [5.74, 6) is 1.55. The third-order valence-corrected chi connectivity index (χ3v) is 4.10.